The van der Waals surface area contributed by atoms with Gasteiger partial charge in [0.25, 0.3) is 0 Å². The van der Waals surface area contributed by atoms with E-state index in [9.17, 15) is 9.59 Å². The lowest BCUT2D eigenvalue weighted by atomic mass is 9.84. The second-order valence-corrected chi connectivity index (χ2v) is 13.0. The molecule has 44 heavy (non-hydrogen) atoms. The van der Waals surface area contributed by atoms with E-state index >= 15 is 0 Å². The topological polar surface area (TPSA) is 75.2 Å². The molecule has 2 aromatic carbocycles. The number of carbonyl (C=O) groups is 2. The van der Waals surface area contributed by atoms with Crippen molar-refractivity contribution in [3.63, 3.8) is 0 Å². The molecule has 1 aliphatic carbocycles. The molecule has 8 nitrogen and oxygen atoms in total. The molecule has 2 amide bonds. The Hall–Kier alpha value is -3.78. The van der Waals surface area contributed by atoms with Crippen LogP contribution in [0.15, 0.2) is 54.7 Å². The molecular weight excluding hydrogens is 576 g/mol. The summed E-state index contributed by atoms with van der Waals surface area (Å²) in [6.45, 7) is 5.83. The number of carbonyl (C=O) groups excluding carboxylic acids is 2. The number of methoxy groups -OCH3 is 1. The second kappa shape index (κ2) is 12.7. The first kappa shape index (κ1) is 30.3. The predicted molar refractivity (Wildman–Crippen MR) is 173 cm³/mol. The molecule has 2 fully saturated rings. The zero-order chi connectivity index (χ0) is 31.0. The third-order valence-corrected chi connectivity index (χ3v) is 9.48. The minimum atomic E-state index is -0.409. The normalized spacial score (nSPS) is 21.6. The lowest BCUT2D eigenvalue weighted by molar-refractivity contribution is -0.144. The standard InChI is InChI=1S/C35H41ClN4O4/c1-22(2)44-31-19-29-25(17-30(31)43-4)18-34(42)40(35(29)24-7-9-26(36)10-8-24)32-14-13-28(20-37-32)38(3)21-23-5-11-27(12-6-23)39-16-15-33(39)41/h7-10,13-14,17,19-20,22-23,27,35H,5-6,11-12,15-16,18,21H2,1-4H3/t23?,27?,35-/m0/s1. The molecule has 9 heteroatoms. The van der Waals surface area contributed by atoms with Crippen molar-refractivity contribution in [1.29, 1.82) is 0 Å². The summed E-state index contributed by atoms with van der Waals surface area (Å²) in [6, 6.07) is 15.6. The molecule has 6 rings (SSSR count). The number of aromatic nitrogens is 1. The van der Waals surface area contributed by atoms with Crippen LogP contribution in [0.3, 0.4) is 0 Å². The van der Waals surface area contributed by atoms with Crippen LogP contribution in [-0.2, 0) is 16.0 Å². The molecule has 3 heterocycles. The van der Waals surface area contributed by atoms with Gasteiger partial charge in [0.1, 0.15) is 5.82 Å². The molecule has 2 aliphatic heterocycles. The largest absolute Gasteiger partial charge is 0.493 e. The summed E-state index contributed by atoms with van der Waals surface area (Å²) in [7, 11) is 3.72. The van der Waals surface area contributed by atoms with E-state index in [-0.39, 0.29) is 18.4 Å². The Labute approximate surface area is 264 Å². The van der Waals surface area contributed by atoms with E-state index in [1.54, 1.807) is 12.0 Å². The summed E-state index contributed by atoms with van der Waals surface area (Å²) in [5.41, 5.74) is 3.83. The average Bonchev–Trinajstić information content (AvgIpc) is 3.01. The fourth-order valence-corrected chi connectivity index (χ4v) is 7.02. The van der Waals surface area contributed by atoms with Gasteiger partial charge in [-0.1, -0.05) is 23.7 Å². The first-order valence-corrected chi connectivity index (χ1v) is 16.0. The van der Waals surface area contributed by atoms with Gasteiger partial charge in [-0.3, -0.25) is 14.5 Å². The molecule has 1 aromatic heterocycles. The maximum Gasteiger partial charge on any atom is 0.233 e. The summed E-state index contributed by atoms with van der Waals surface area (Å²) in [5, 5.41) is 0.634. The van der Waals surface area contributed by atoms with Gasteiger partial charge < -0.3 is 19.3 Å². The number of amides is 2. The van der Waals surface area contributed by atoms with Crippen LogP contribution in [0.2, 0.25) is 5.02 Å². The molecule has 0 radical (unpaired) electrons. The fraction of sp³-hybridized carbons (Fsp3) is 0.457. The van der Waals surface area contributed by atoms with Gasteiger partial charge in [0.05, 0.1) is 37.6 Å². The van der Waals surface area contributed by atoms with Gasteiger partial charge in [-0.05, 0) is 98.5 Å². The number of likely N-dealkylation sites (tertiary alicyclic amines) is 1. The lowest BCUT2D eigenvalue weighted by Gasteiger charge is -2.42. The van der Waals surface area contributed by atoms with E-state index < -0.39 is 6.04 Å². The van der Waals surface area contributed by atoms with Gasteiger partial charge in [0, 0.05) is 37.6 Å². The van der Waals surface area contributed by atoms with Gasteiger partial charge in [-0.2, -0.15) is 0 Å². The van der Waals surface area contributed by atoms with E-state index in [4.69, 9.17) is 26.1 Å². The molecule has 0 unspecified atom stereocenters. The van der Waals surface area contributed by atoms with E-state index in [1.807, 2.05) is 62.5 Å². The summed E-state index contributed by atoms with van der Waals surface area (Å²) in [5.74, 6) is 2.71. The Bertz CT molecular complexity index is 1500. The number of fused-ring (bicyclic) bond motifs is 1. The number of anilines is 2. The summed E-state index contributed by atoms with van der Waals surface area (Å²) in [4.78, 5) is 36.6. The van der Waals surface area contributed by atoms with Crippen LogP contribution in [0.5, 0.6) is 11.5 Å². The van der Waals surface area contributed by atoms with Crippen molar-refractivity contribution < 1.29 is 19.1 Å². The highest BCUT2D eigenvalue weighted by atomic mass is 35.5. The Morgan fingerprint density at radius 2 is 1.75 bits per heavy atom. The predicted octanol–water partition coefficient (Wildman–Crippen LogP) is 6.44. The number of benzene rings is 2. The van der Waals surface area contributed by atoms with Gasteiger partial charge >= 0.3 is 0 Å². The number of β-lactam (4-membered cyclic amide) rings is 1. The highest BCUT2D eigenvalue weighted by molar-refractivity contribution is 6.30. The van der Waals surface area contributed by atoms with Gasteiger partial charge in [-0.25, -0.2) is 4.98 Å². The van der Waals surface area contributed by atoms with Gasteiger partial charge in [-0.15, -0.1) is 0 Å². The van der Waals surface area contributed by atoms with Gasteiger partial charge in [0.15, 0.2) is 11.5 Å². The highest BCUT2D eigenvalue weighted by Crippen LogP contribution is 2.43. The Morgan fingerprint density at radius 1 is 1.00 bits per heavy atom. The average molecular weight is 617 g/mol. The Kier molecular flexibility index (Phi) is 8.72. The number of rotatable bonds is 9. The lowest BCUT2D eigenvalue weighted by Crippen LogP contribution is -2.51. The van der Waals surface area contributed by atoms with Crippen molar-refractivity contribution in [2.24, 2.45) is 5.92 Å². The summed E-state index contributed by atoms with van der Waals surface area (Å²) in [6.07, 6.45) is 7.19. The van der Waals surface area contributed by atoms with E-state index in [0.29, 0.717) is 46.6 Å². The van der Waals surface area contributed by atoms with E-state index in [0.717, 1.165) is 61.2 Å². The molecule has 3 aliphatic rings. The van der Waals surface area contributed by atoms with Crippen LogP contribution >= 0.6 is 11.6 Å². The molecule has 1 saturated carbocycles. The molecule has 0 bridgehead atoms. The van der Waals surface area contributed by atoms with Crippen LogP contribution < -0.4 is 19.3 Å². The zero-order valence-electron chi connectivity index (χ0n) is 26.0. The minimum absolute atomic E-state index is 0.0387. The number of hydrogen-bond acceptors (Lipinski definition) is 6. The minimum Gasteiger partial charge on any atom is -0.493 e. The molecule has 0 spiro atoms. The monoisotopic (exact) mass is 616 g/mol. The number of pyridine rings is 1. The van der Waals surface area contributed by atoms with Crippen molar-refractivity contribution in [2.45, 2.75) is 70.6 Å². The number of halogens is 1. The van der Waals surface area contributed by atoms with E-state index in [2.05, 4.69) is 22.9 Å². The Balaban J connectivity index is 1.24. The van der Waals surface area contributed by atoms with Crippen LogP contribution in [0.4, 0.5) is 11.5 Å². The molecule has 0 N–H and O–H groups in total. The summed E-state index contributed by atoms with van der Waals surface area (Å²) >= 11 is 6.26. The molecular formula is C35H41ClN4O4. The number of ether oxygens (including phenoxy) is 2. The molecule has 1 saturated heterocycles. The fourth-order valence-electron chi connectivity index (χ4n) is 6.89. The number of hydrogen-bond donors (Lipinski definition) is 0. The van der Waals surface area contributed by atoms with Crippen molar-refractivity contribution in [2.75, 3.05) is 37.0 Å². The first-order chi connectivity index (χ1) is 21.2. The van der Waals surface area contributed by atoms with Crippen molar-refractivity contribution >= 4 is 34.9 Å². The van der Waals surface area contributed by atoms with Crippen LogP contribution in [-0.4, -0.2) is 61.1 Å². The summed E-state index contributed by atoms with van der Waals surface area (Å²) < 4.78 is 11.8. The van der Waals surface area contributed by atoms with Crippen molar-refractivity contribution in [3.8, 4) is 11.5 Å². The van der Waals surface area contributed by atoms with Crippen LogP contribution in [0.25, 0.3) is 0 Å². The first-order valence-electron chi connectivity index (χ1n) is 15.6. The van der Waals surface area contributed by atoms with Gasteiger partial charge in [0.2, 0.25) is 11.8 Å². The molecule has 1 atom stereocenters. The van der Waals surface area contributed by atoms with Crippen LogP contribution in [0.1, 0.15) is 68.7 Å². The van der Waals surface area contributed by atoms with Crippen molar-refractivity contribution in [1.82, 2.24) is 9.88 Å². The molecule has 232 valence electrons. The number of nitrogens with zero attached hydrogens (tertiary/aromatic N) is 4. The second-order valence-electron chi connectivity index (χ2n) is 12.5. The molecule has 3 aromatic rings. The quantitative estimate of drug-likeness (QED) is 0.258. The zero-order valence-corrected chi connectivity index (χ0v) is 26.7. The van der Waals surface area contributed by atoms with Crippen LogP contribution in [0, 0.1) is 5.92 Å². The van der Waals surface area contributed by atoms with Crippen molar-refractivity contribution in [3.05, 3.63) is 76.4 Å². The van der Waals surface area contributed by atoms with E-state index in [1.165, 1.54) is 0 Å². The maximum atomic E-state index is 13.8. The smallest absolute Gasteiger partial charge is 0.233 e. The highest BCUT2D eigenvalue weighted by Gasteiger charge is 2.37. The third-order valence-electron chi connectivity index (χ3n) is 9.23. The maximum absolute atomic E-state index is 13.8. The Morgan fingerprint density at radius 3 is 2.34 bits per heavy atom. The third kappa shape index (κ3) is 6.09. The SMILES string of the molecule is COc1cc2c(cc1OC(C)C)[C@H](c1ccc(Cl)cc1)N(c1ccc(N(C)CC3CCC(N4CCC4=O)CC3)cn1)C(=O)C2.